The summed E-state index contributed by atoms with van der Waals surface area (Å²) in [5.74, 6) is -4.15. The number of hydrogen-bond donors (Lipinski definition) is 8. The summed E-state index contributed by atoms with van der Waals surface area (Å²) in [7, 11) is 0. The summed E-state index contributed by atoms with van der Waals surface area (Å²) in [6.07, 6.45) is 0.274. The topological polar surface area (TPSA) is 258 Å². The standard InChI is InChI=1S/C20H38N8O6/c1-10(2)9-14(18(32)27-13(19(33)34)5-4-8-25-20(23)24)28-17(31)12(6-7-15(22)29)26-16(30)11(3)21/h10-14H,4-9,21H2,1-3H3,(H2,22,29)(H,26,30)(H,27,32)(H,28,31)(H,33,34)(H4,23,24,25). The zero-order valence-corrected chi connectivity index (χ0v) is 19.9. The fraction of sp³-hybridized carbons (Fsp3) is 0.700. The average Bonchev–Trinajstić information content (AvgIpc) is 2.71. The summed E-state index contributed by atoms with van der Waals surface area (Å²) in [5, 5.41) is 16.8. The maximum absolute atomic E-state index is 12.9. The Kier molecular flexibility index (Phi) is 13.9. The smallest absolute Gasteiger partial charge is 0.326 e. The molecule has 0 saturated carbocycles. The van der Waals surface area contributed by atoms with Gasteiger partial charge in [0, 0.05) is 13.0 Å². The van der Waals surface area contributed by atoms with Crippen LogP contribution in [0.25, 0.3) is 0 Å². The van der Waals surface area contributed by atoms with Crippen molar-refractivity contribution in [3.8, 4) is 0 Å². The van der Waals surface area contributed by atoms with Gasteiger partial charge in [0.2, 0.25) is 23.6 Å². The van der Waals surface area contributed by atoms with Crippen molar-refractivity contribution in [3.05, 3.63) is 0 Å². The summed E-state index contributed by atoms with van der Waals surface area (Å²) in [5.41, 5.74) is 21.1. The van der Waals surface area contributed by atoms with Crippen LogP contribution in [0.15, 0.2) is 4.99 Å². The van der Waals surface area contributed by atoms with Crippen LogP contribution in [0.3, 0.4) is 0 Å². The van der Waals surface area contributed by atoms with Crippen molar-refractivity contribution < 1.29 is 29.1 Å². The van der Waals surface area contributed by atoms with Gasteiger partial charge in [-0.2, -0.15) is 0 Å². The van der Waals surface area contributed by atoms with Gasteiger partial charge >= 0.3 is 5.97 Å². The SMILES string of the molecule is CC(C)CC(NC(=O)C(CCC(N)=O)NC(=O)C(C)N)C(=O)NC(CCCN=C(N)N)C(=O)O. The van der Waals surface area contributed by atoms with Gasteiger partial charge in [0.05, 0.1) is 6.04 Å². The highest BCUT2D eigenvalue weighted by Crippen LogP contribution is 2.08. The molecule has 0 aliphatic rings. The van der Waals surface area contributed by atoms with E-state index in [1.165, 1.54) is 6.92 Å². The molecule has 0 saturated heterocycles. The van der Waals surface area contributed by atoms with E-state index in [0.717, 1.165) is 0 Å². The number of carboxylic acids is 1. The van der Waals surface area contributed by atoms with E-state index in [9.17, 15) is 29.1 Å². The number of nitrogens with one attached hydrogen (secondary N) is 3. The molecule has 0 bridgehead atoms. The number of carbonyl (C=O) groups excluding carboxylic acids is 4. The van der Waals surface area contributed by atoms with E-state index in [2.05, 4.69) is 20.9 Å². The highest BCUT2D eigenvalue weighted by atomic mass is 16.4. The molecule has 12 N–H and O–H groups in total. The second-order valence-corrected chi connectivity index (χ2v) is 8.39. The maximum atomic E-state index is 12.9. The minimum absolute atomic E-state index is 0.0380. The highest BCUT2D eigenvalue weighted by Gasteiger charge is 2.30. The molecule has 194 valence electrons. The molecule has 0 heterocycles. The molecule has 0 aromatic heterocycles. The number of carbonyl (C=O) groups is 5. The van der Waals surface area contributed by atoms with Gasteiger partial charge in [-0.3, -0.25) is 24.2 Å². The summed E-state index contributed by atoms with van der Waals surface area (Å²) in [6.45, 7) is 5.25. The highest BCUT2D eigenvalue weighted by molar-refractivity contribution is 5.94. The molecule has 0 rings (SSSR count). The fourth-order valence-corrected chi connectivity index (χ4v) is 2.87. The molecule has 0 aliphatic heterocycles. The average molecular weight is 487 g/mol. The van der Waals surface area contributed by atoms with Crippen LogP contribution < -0.4 is 38.9 Å². The van der Waals surface area contributed by atoms with E-state index >= 15 is 0 Å². The number of nitrogens with two attached hydrogens (primary N) is 4. The number of carboxylic acid groups (broad SMARTS) is 1. The van der Waals surface area contributed by atoms with Crippen molar-refractivity contribution in [3.63, 3.8) is 0 Å². The number of guanidine groups is 1. The molecule has 0 radical (unpaired) electrons. The zero-order valence-electron chi connectivity index (χ0n) is 19.9. The number of primary amides is 1. The van der Waals surface area contributed by atoms with Crippen LogP contribution in [0.2, 0.25) is 0 Å². The molecule has 34 heavy (non-hydrogen) atoms. The van der Waals surface area contributed by atoms with Gasteiger partial charge in [0.25, 0.3) is 0 Å². The number of rotatable bonds is 16. The Morgan fingerprint density at radius 2 is 1.35 bits per heavy atom. The molecule has 0 aromatic rings. The van der Waals surface area contributed by atoms with Gasteiger partial charge < -0.3 is 44.0 Å². The Hall–Kier alpha value is -3.42. The third kappa shape index (κ3) is 13.2. The van der Waals surface area contributed by atoms with E-state index in [1.807, 2.05) is 13.8 Å². The molecular weight excluding hydrogens is 448 g/mol. The Balaban J connectivity index is 5.42. The molecule has 0 fully saturated rings. The number of amides is 4. The third-order valence-corrected chi connectivity index (χ3v) is 4.63. The second kappa shape index (κ2) is 15.4. The van der Waals surface area contributed by atoms with Crippen LogP contribution in [-0.4, -0.2) is 71.4 Å². The van der Waals surface area contributed by atoms with Crippen molar-refractivity contribution in [1.82, 2.24) is 16.0 Å². The van der Waals surface area contributed by atoms with Crippen molar-refractivity contribution in [2.24, 2.45) is 33.8 Å². The first-order chi connectivity index (χ1) is 15.7. The van der Waals surface area contributed by atoms with Gasteiger partial charge in [-0.05, 0) is 38.5 Å². The normalized spacial score (nSPS) is 14.3. The summed E-state index contributed by atoms with van der Waals surface area (Å²) in [4.78, 5) is 64.2. The van der Waals surface area contributed by atoms with Crippen LogP contribution in [0.1, 0.15) is 52.9 Å². The largest absolute Gasteiger partial charge is 0.480 e. The first-order valence-corrected chi connectivity index (χ1v) is 11.0. The van der Waals surface area contributed by atoms with Crippen LogP contribution >= 0.6 is 0 Å². The summed E-state index contributed by atoms with van der Waals surface area (Å²) in [6, 6.07) is -4.38. The van der Waals surface area contributed by atoms with E-state index < -0.39 is 53.8 Å². The minimum atomic E-state index is -1.25. The monoisotopic (exact) mass is 486 g/mol. The first-order valence-electron chi connectivity index (χ1n) is 11.0. The molecule has 14 heteroatoms. The lowest BCUT2D eigenvalue weighted by atomic mass is 10.0. The molecule has 0 aromatic carbocycles. The molecule has 14 nitrogen and oxygen atoms in total. The van der Waals surface area contributed by atoms with Crippen molar-refractivity contribution >= 4 is 35.6 Å². The summed E-state index contributed by atoms with van der Waals surface area (Å²) >= 11 is 0. The zero-order chi connectivity index (χ0) is 26.4. The second-order valence-electron chi connectivity index (χ2n) is 8.39. The predicted molar refractivity (Wildman–Crippen MR) is 125 cm³/mol. The molecule has 4 unspecified atom stereocenters. The van der Waals surface area contributed by atoms with Crippen molar-refractivity contribution in [1.29, 1.82) is 0 Å². The van der Waals surface area contributed by atoms with Gasteiger partial charge in [0.1, 0.15) is 18.1 Å². The van der Waals surface area contributed by atoms with E-state index in [0.29, 0.717) is 6.42 Å². The predicted octanol–water partition coefficient (Wildman–Crippen LogP) is -2.76. The Morgan fingerprint density at radius 3 is 1.82 bits per heavy atom. The maximum Gasteiger partial charge on any atom is 0.326 e. The lowest BCUT2D eigenvalue weighted by molar-refractivity contribution is -0.142. The van der Waals surface area contributed by atoms with Crippen LogP contribution in [0.4, 0.5) is 0 Å². The van der Waals surface area contributed by atoms with E-state index in [4.69, 9.17) is 22.9 Å². The van der Waals surface area contributed by atoms with Crippen LogP contribution in [0.5, 0.6) is 0 Å². The molecule has 4 amide bonds. The first kappa shape index (κ1) is 30.6. The van der Waals surface area contributed by atoms with Crippen molar-refractivity contribution in [2.75, 3.05) is 6.54 Å². The number of nitrogens with zero attached hydrogens (tertiary/aromatic N) is 1. The van der Waals surface area contributed by atoms with E-state index in [-0.39, 0.29) is 44.1 Å². The van der Waals surface area contributed by atoms with Crippen LogP contribution in [0, 0.1) is 5.92 Å². The Morgan fingerprint density at radius 1 is 0.824 bits per heavy atom. The Bertz CT molecular complexity index is 751. The van der Waals surface area contributed by atoms with Crippen molar-refractivity contribution in [2.45, 2.75) is 77.0 Å². The van der Waals surface area contributed by atoms with Gasteiger partial charge in [-0.1, -0.05) is 13.8 Å². The summed E-state index contributed by atoms with van der Waals surface area (Å²) < 4.78 is 0. The van der Waals surface area contributed by atoms with Gasteiger partial charge in [-0.25, -0.2) is 4.79 Å². The molecule has 0 aliphatic carbocycles. The molecular formula is C20H38N8O6. The number of aliphatic carboxylic acids is 1. The minimum Gasteiger partial charge on any atom is -0.480 e. The lowest BCUT2D eigenvalue weighted by Crippen LogP contribution is -2.57. The quantitative estimate of drug-likeness (QED) is 0.0637. The lowest BCUT2D eigenvalue weighted by Gasteiger charge is -2.25. The van der Waals surface area contributed by atoms with E-state index in [1.54, 1.807) is 0 Å². The third-order valence-electron chi connectivity index (χ3n) is 4.63. The Labute approximate surface area is 198 Å². The van der Waals surface area contributed by atoms with Gasteiger partial charge in [-0.15, -0.1) is 0 Å². The number of aliphatic imine (C=N–C) groups is 1. The van der Waals surface area contributed by atoms with Crippen LogP contribution in [-0.2, 0) is 24.0 Å². The molecule has 4 atom stereocenters. The number of hydrogen-bond acceptors (Lipinski definition) is 7. The fourth-order valence-electron chi connectivity index (χ4n) is 2.87. The van der Waals surface area contributed by atoms with Gasteiger partial charge in [0.15, 0.2) is 5.96 Å². The molecule has 0 spiro atoms.